The lowest BCUT2D eigenvalue weighted by Gasteiger charge is -2.36. The third-order valence-electron chi connectivity index (χ3n) is 5.12. The third kappa shape index (κ3) is 6.48. The number of hydrogen-bond donors (Lipinski definition) is 2. The molecule has 0 bridgehead atoms. The molecule has 2 atom stereocenters. The van der Waals surface area contributed by atoms with Crippen LogP contribution in [0.15, 0.2) is 24.3 Å². The van der Waals surface area contributed by atoms with Gasteiger partial charge in [-0.2, -0.15) is 0 Å². The zero-order valence-electron chi connectivity index (χ0n) is 17.4. The number of hydrogen-bond acceptors (Lipinski definition) is 4. The minimum absolute atomic E-state index is 0.232. The van der Waals surface area contributed by atoms with Crippen molar-refractivity contribution in [1.82, 2.24) is 5.32 Å². The predicted octanol–water partition coefficient (Wildman–Crippen LogP) is 3.75. The summed E-state index contributed by atoms with van der Waals surface area (Å²) in [6.07, 6.45) is 4.79. The van der Waals surface area contributed by atoms with Crippen LogP contribution in [0.25, 0.3) is 0 Å². The number of carboxylic acids is 1. The molecular formula is C22H32N2O5. The molecule has 29 heavy (non-hydrogen) atoms. The number of unbranched alkanes of at least 4 members (excludes halogenated alkanes) is 3. The maximum absolute atomic E-state index is 13.2. The molecule has 0 saturated heterocycles. The first kappa shape index (κ1) is 22.7. The molecule has 0 saturated carbocycles. The first-order valence-corrected chi connectivity index (χ1v) is 10.5. The van der Waals surface area contributed by atoms with Crippen molar-refractivity contribution in [2.45, 2.75) is 64.8 Å². The number of fused-ring (bicyclic) bond motifs is 1. The highest BCUT2D eigenvalue weighted by Gasteiger charge is 2.36. The molecule has 0 radical (unpaired) electrons. The van der Waals surface area contributed by atoms with Gasteiger partial charge in [0.15, 0.2) is 0 Å². The fourth-order valence-electron chi connectivity index (χ4n) is 3.62. The van der Waals surface area contributed by atoms with Gasteiger partial charge in [0, 0.05) is 12.2 Å². The average Bonchev–Trinajstić information content (AvgIpc) is 2.71. The van der Waals surface area contributed by atoms with Crippen molar-refractivity contribution in [3.05, 3.63) is 29.8 Å². The van der Waals surface area contributed by atoms with Gasteiger partial charge in [0.1, 0.15) is 5.92 Å². The number of carbonyl (C=O) groups is 3. The molecule has 2 amide bonds. The molecule has 2 rings (SSSR count). The van der Waals surface area contributed by atoms with Crippen LogP contribution < -0.4 is 10.2 Å². The molecular weight excluding hydrogens is 372 g/mol. The van der Waals surface area contributed by atoms with E-state index in [1.54, 1.807) is 0 Å². The molecule has 0 spiro atoms. The molecule has 160 valence electrons. The number of para-hydroxylation sites is 1. The second kappa shape index (κ2) is 11.4. The zero-order chi connectivity index (χ0) is 21.2. The number of nitrogens with one attached hydrogen (secondary N) is 1. The van der Waals surface area contributed by atoms with Gasteiger partial charge < -0.3 is 20.1 Å². The summed E-state index contributed by atoms with van der Waals surface area (Å²) in [6.45, 7) is 4.56. The standard InChI is InChI=1S/C22H32N2O5/c1-3-5-6-7-11-18(21(26)27)20(25)24-15-17(23-22(28)29-13-4-2)14-16-10-8-9-12-19(16)24/h8-10,12,17-18H,3-7,11,13-15H2,1-2H3,(H,23,28)(H,26,27). The lowest BCUT2D eigenvalue weighted by molar-refractivity contribution is -0.146. The van der Waals surface area contributed by atoms with E-state index in [2.05, 4.69) is 12.2 Å². The molecule has 2 N–H and O–H groups in total. The number of nitrogens with zero attached hydrogens (tertiary/aromatic N) is 1. The second-order valence-corrected chi connectivity index (χ2v) is 7.50. The summed E-state index contributed by atoms with van der Waals surface area (Å²) in [6, 6.07) is 7.11. The fourth-order valence-corrected chi connectivity index (χ4v) is 3.62. The van der Waals surface area contributed by atoms with E-state index in [0.29, 0.717) is 25.9 Å². The van der Waals surface area contributed by atoms with Gasteiger partial charge in [-0.25, -0.2) is 4.79 Å². The Morgan fingerprint density at radius 3 is 2.62 bits per heavy atom. The number of carbonyl (C=O) groups excluding carboxylic acids is 2. The van der Waals surface area contributed by atoms with Gasteiger partial charge in [-0.3, -0.25) is 9.59 Å². The Kier molecular flexibility index (Phi) is 8.96. The average molecular weight is 405 g/mol. The van der Waals surface area contributed by atoms with Crippen molar-refractivity contribution in [3.63, 3.8) is 0 Å². The Morgan fingerprint density at radius 1 is 1.17 bits per heavy atom. The van der Waals surface area contributed by atoms with Crippen molar-refractivity contribution in [2.75, 3.05) is 18.1 Å². The van der Waals surface area contributed by atoms with Crippen LogP contribution in [-0.4, -0.2) is 42.3 Å². The van der Waals surface area contributed by atoms with Crippen LogP contribution in [0.2, 0.25) is 0 Å². The quantitative estimate of drug-likeness (QED) is 0.457. The van der Waals surface area contributed by atoms with Crippen LogP contribution in [0.3, 0.4) is 0 Å². The molecule has 1 aliphatic rings. The number of amides is 2. The third-order valence-corrected chi connectivity index (χ3v) is 5.12. The van der Waals surface area contributed by atoms with Gasteiger partial charge in [-0.05, 0) is 30.9 Å². The second-order valence-electron chi connectivity index (χ2n) is 7.50. The maximum atomic E-state index is 13.2. The fraction of sp³-hybridized carbons (Fsp3) is 0.591. The van der Waals surface area contributed by atoms with Crippen LogP contribution in [-0.2, 0) is 20.7 Å². The van der Waals surface area contributed by atoms with Gasteiger partial charge in [0.25, 0.3) is 0 Å². The predicted molar refractivity (Wildman–Crippen MR) is 111 cm³/mol. The van der Waals surface area contributed by atoms with Gasteiger partial charge in [-0.1, -0.05) is 57.7 Å². The molecule has 7 heteroatoms. The summed E-state index contributed by atoms with van der Waals surface area (Å²) in [7, 11) is 0. The molecule has 0 fully saturated rings. The Morgan fingerprint density at radius 2 is 1.93 bits per heavy atom. The Labute approximate surface area is 172 Å². The number of alkyl carbamates (subject to hydrolysis) is 1. The molecule has 2 unspecified atom stereocenters. The zero-order valence-corrected chi connectivity index (χ0v) is 17.4. The number of aliphatic carboxylic acids is 1. The molecule has 0 aliphatic carbocycles. The summed E-state index contributed by atoms with van der Waals surface area (Å²) in [5.74, 6) is -2.60. The van der Waals surface area contributed by atoms with Gasteiger partial charge in [0.2, 0.25) is 5.91 Å². The molecule has 0 aromatic heterocycles. The van der Waals surface area contributed by atoms with Crippen molar-refractivity contribution in [3.8, 4) is 0 Å². The van der Waals surface area contributed by atoms with E-state index in [-0.39, 0.29) is 12.6 Å². The number of benzene rings is 1. The topological polar surface area (TPSA) is 95.9 Å². The SMILES string of the molecule is CCCCCCC(C(=O)O)C(=O)N1CC(NC(=O)OCCC)Cc2ccccc21. The largest absolute Gasteiger partial charge is 0.481 e. The number of ether oxygens (including phenoxy) is 1. The number of rotatable bonds is 10. The van der Waals surface area contributed by atoms with Crippen molar-refractivity contribution in [2.24, 2.45) is 5.92 Å². The summed E-state index contributed by atoms with van der Waals surface area (Å²) in [4.78, 5) is 38.5. The number of anilines is 1. The van der Waals surface area contributed by atoms with E-state index < -0.39 is 23.9 Å². The van der Waals surface area contributed by atoms with Crippen LogP contribution in [0.1, 0.15) is 57.9 Å². The lowest BCUT2D eigenvalue weighted by Crippen LogP contribution is -2.52. The smallest absolute Gasteiger partial charge is 0.407 e. The summed E-state index contributed by atoms with van der Waals surface area (Å²) < 4.78 is 5.09. The van der Waals surface area contributed by atoms with Crippen molar-refractivity contribution >= 4 is 23.7 Å². The monoisotopic (exact) mass is 404 g/mol. The van der Waals surface area contributed by atoms with E-state index in [4.69, 9.17) is 4.74 Å². The summed E-state index contributed by atoms with van der Waals surface area (Å²) in [5, 5.41) is 12.5. The summed E-state index contributed by atoms with van der Waals surface area (Å²) >= 11 is 0. The lowest BCUT2D eigenvalue weighted by atomic mass is 9.94. The van der Waals surface area contributed by atoms with E-state index in [0.717, 1.165) is 36.9 Å². The Bertz CT molecular complexity index is 706. The van der Waals surface area contributed by atoms with Crippen LogP contribution in [0.5, 0.6) is 0 Å². The first-order chi connectivity index (χ1) is 14.0. The molecule has 1 aliphatic heterocycles. The summed E-state index contributed by atoms with van der Waals surface area (Å²) in [5.41, 5.74) is 1.63. The normalized spacial score (nSPS) is 16.6. The van der Waals surface area contributed by atoms with Crippen molar-refractivity contribution < 1.29 is 24.2 Å². The maximum Gasteiger partial charge on any atom is 0.407 e. The van der Waals surface area contributed by atoms with Gasteiger partial charge >= 0.3 is 12.1 Å². The molecule has 1 heterocycles. The van der Waals surface area contributed by atoms with Gasteiger partial charge in [0.05, 0.1) is 12.6 Å². The van der Waals surface area contributed by atoms with Crippen LogP contribution in [0.4, 0.5) is 10.5 Å². The molecule has 7 nitrogen and oxygen atoms in total. The highest BCUT2D eigenvalue weighted by atomic mass is 16.5. The minimum Gasteiger partial charge on any atom is -0.481 e. The van der Waals surface area contributed by atoms with Crippen LogP contribution >= 0.6 is 0 Å². The highest BCUT2D eigenvalue weighted by molar-refractivity contribution is 6.06. The van der Waals surface area contributed by atoms with Gasteiger partial charge in [-0.15, -0.1) is 0 Å². The van der Waals surface area contributed by atoms with E-state index in [1.165, 1.54) is 4.90 Å². The first-order valence-electron chi connectivity index (χ1n) is 10.5. The van der Waals surface area contributed by atoms with E-state index in [1.807, 2.05) is 31.2 Å². The highest BCUT2D eigenvalue weighted by Crippen LogP contribution is 2.29. The number of carboxylic acid groups (broad SMARTS) is 1. The van der Waals surface area contributed by atoms with E-state index >= 15 is 0 Å². The molecule has 1 aromatic carbocycles. The van der Waals surface area contributed by atoms with E-state index in [9.17, 15) is 19.5 Å². The minimum atomic E-state index is -1.10. The van der Waals surface area contributed by atoms with Crippen molar-refractivity contribution in [1.29, 1.82) is 0 Å². The Hall–Kier alpha value is -2.57. The molecule has 1 aromatic rings. The Balaban J connectivity index is 2.15. The van der Waals surface area contributed by atoms with Crippen LogP contribution in [0, 0.1) is 5.92 Å².